The van der Waals surface area contributed by atoms with E-state index in [1.807, 2.05) is 48.7 Å². The average Bonchev–Trinajstić information content (AvgIpc) is 2.52. The number of nitrogens with one attached hydrogen (secondary N) is 1. The molecule has 1 amide bonds. The fourth-order valence-electron chi connectivity index (χ4n) is 1.64. The second kappa shape index (κ2) is 7.50. The molecule has 0 aliphatic heterocycles. The third-order valence-corrected chi connectivity index (χ3v) is 3.48. The van der Waals surface area contributed by atoms with Gasteiger partial charge in [-0.2, -0.15) is 0 Å². The van der Waals surface area contributed by atoms with Crippen LogP contribution in [0.25, 0.3) is 6.08 Å². The van der Waals surface area contributed by atoms with Gasteiger partial charge in [0.15, 0.2) is 0 Å². The Morgan fingerprint density at radius 3 is 2.75 bits per heavy atom. The maximum absolute atomic E-state index is 11.7. The summed E-state index contributed by atoms with van der Waals surface area (Å²) < 4.78 is 0. The number of thioether (sulfide) groups is 1. The summed E-state index contributed by atoms with van der Waals surface area (Å²) in [5.41, 5.74) is 2.00. The summed E-state index contributed by atoms with van der Waals surface area (Å²) in [6, 6.07) is 11.9. The van der Waals surface area contributed by atoms with Crippen molar-refractivity contribution in [2.24, 2.45) is 0 Å². The first-order chi connectivity index (χ1) is 9.78. The molecule has 2 rings (SSSR count). The molecule has 1 aromatic heterocycles. The van der Waals surface area contributed by atoms with E-state index >= 15 is 0 Å². The first-order valence-electron chi connectivity index (χ1n) is 6.27. The van der Waals surface area contributed by atoms with Crippen LogP contribution in [0, 0.1) is 0 Å². The third kappa shape index (κ3) is 4.55. The summed E-state index contributed by atoms with van der Waals surface area (Å²) in [5, 5.41) is 2.82. The van der Waals surface area contributed by atoms with Crippen LogP contribution >= 0.6 is 11.8 Å². The highest BCUT2D eigenvalue weighted by Crippen LogP contribution is 2.15. The van der Waals surface area contributed by atoms with Gasteiger partial charge in [-0.05, 0) is 41.7 Å². The van der Waals surface area contributed by atoms with E-state index in [1.54, 1.807) is 30.2 Å². The molecule has 20 heavy (non-hydrogen) atoms. The van der Waals surface area contributed by atoms with E-state index in [-0.39, 0.29) is 5.91 Å². The number of rotatable bonds is 5. The number of carbonyl (C=O) groups is 1. The molecule has 1 heterocycles. The molecule has 4 heteroatoms. The van der Waals surface area contributed by atoms with Gasteiger partial charge in [-0.3, -0.25) is 9.78 Å². The van der Waals surface area contributed by atoms with Crippen molar-refractivity contribution in [2.45, 2.75) is 11.4 Å². The lowest BCUT2D eigenvalue weighted by atomic mass is 10.2. The van der Waals surface area contributed by atoms with Gasteiger partial charge >= 0.3 is 0 Å². The molecule has 0 spiro atoms. The number of hydrogen-bond acceptors (Lipinski definition) is 3. The fourth-order valence-corrected chi connectivity index (χ4v) is 2.05. The van der Waals surface area contributed by atoms with Gasteiger partial charge in [0.05, 0.1) is 0 Å². The normalized spacial score (nSPS) is 10.7. The van der Waals surface area contributed by atoms with E-state index in [2.05, 4.69) is 10.3 Å². The minimum absolute atomic E-state index is 0.109. The van der Waals surface area contributed by atoms with Gasteiger partial charge < -0.3 is 5.32 Å². The first kappa shape index (κ1) is 14.3. The van der Waals surface area contributed by atoms with E-state index in [1.165, 1.54) is 4.90 Å². The van der Waals surface area contributed by atoms with Crippen LogP contribution in [0.4, 0.5) is 0 Å². The Hall–Kier alpha value is -2.07. The Bertz CT molecular complexity index is 579. The highest BCUT2D eigenvalue weighted by atomic mass is 32.2. The summed E-state index contributed by atoms with van der Waals surface area (Å²) in [4.78, 5) is 16.9. The second-order valence-corrected chi connectivity index (χ2v) is 5.07. The lowest BCUT2D eigenvalue weighted by molar-refractivity contribution is -0.116. The maximum Gasteiger partial charge on any atom is 0.244 e. The molecule has 1 aromatic carbocycles. The Labute approximate surface area is 123 Å². The number of carbonyl (C=O) groups excluding carboxylic acids is 1. The van der Waals surface area contributed by atoms with Gasteiger partial charge in [-0.15, -0.1) is 11.8 Å². The van der Waals surface area contributed by atoms with Crippen LogP contribution in [-0.2, 0) is 11.3 Å². The van der Waals surface area contributed by atoms with Crippen molar-refractivity contribution in [3.05, 3.63) is 66.0 Å². The first-order valence-corrected chi connectivity index (χ1v) is 7.49. The van der Waals surface area contributed by atoms with Crippen LogP contribution < -0.4 is 5.32 Å². The van der Waals surface area contributed by atoms with Crippen molar-refractivity contribution < 1.29 is 4.79 Å². The van der Waals surface area contributed by atoms with Crippen molar-refractivity contribution >= 4 is 23.7 Å². The Morgan fingerprint density at radius 2 is 2.10 bits per heavy atom. The van der Waals surface area contributed by atoms with E-state index in [0.717, 1.165) is 11.1 Å². The van der Waals surface area contributed by atoms with Gasteiger partial charge in [0.25, 0.3) is 0 Å². The molecule has 0 atom stereocenters. The summed E-state index contributed by atoms with van der Waals surface area (Å²) >= 11 is 1.70. The van der Waals surface area contributed by atoms with Gasteiger partial charge in [0.2, 0.25) is 5.91 Å². The zero-order chi connectivity index (χ0) is 14.2. The van der Waals surface area contributed by atoms with Gasteiger partial charge in [0.1, 0.15) is 0 Å². The summed E-state index contributed by atoms with van der Waals surface area (Å²) in [6.45, 7) is 0.489. The van der Waals surface area contributed by atoms with Crippen molar-refractivity contribution in [2.75, 3.05) is 6.26 Å². The molecule has 0 radical (unpaired) electrons. The molecule has 0 saturated heterocycles. The fraction of sp³-hybridized carbons (Fsp3) is 0.125. The zero-order valence-electron chi connectivity index (χ0n) is 11.2. The molecule has 0 unspecified atom stereocenters. The van der Waals surface area contributed by atoms with E-state index in [4.69, 9.17) is 0 Å². The number of amides is 1. The van der Waals surface area contributed by atoms with Gasteiger partial charge in [0, 0.05) is 29.9 Å². The predicted molar refractivity (Wildman–Crippen MR) is 83.3 cm³/mol. The van der Waals surface area contributed by atoms with Crippen LogP contribution in [0.2, 0.25) is 0 Å². The SMILES string of the molecule is CSc1ccc(/C=C/C(=O)NCc2cccnc2)cc1. The molecule has 0 aliphatic rings. The number of benzene rings is 1. The van der Waals surface area contributed by atoms with Crippen molar-refractivity contribution in [3.63, 3.8) is 0 Å². The zero-order valence-corrected chi connectivity index (χ0v) is 12.1. The molecule has 0 bridgehead atoms. The smallest absolute Gasteiger partial charge is 0.244 e. The van der Waals surface area contributed by atoms with Crippen LogP contribution in [0.15, 0.2) is 59.8 Å². The molecule has 3 nitrogen and oxygen atoms in total. The quantitative estimate of drug-likeness (QED) is 0.677. The molecule has 1 N–H and O–H groups in total. The summed E-state index contributed by atoms with van der Waals surface area (Å²) in [5.74, 6) is -0.109. The van der Waals surface area contributed by atoms with Crippen molar-refractivity contribution in [3.8, 4) is 0 Å². The lowest BCUT2D eigenvalue weighted by Gasteiger charge is -2.01. The van der Waals surface area contributed by atoms with Gasteiger partial charge in [-0.25, -0.2) is 0 Å². The molecule has 2 aromatic rings. The lowest BCUT2D eigenvalue weighted by Crippen LogP contribution is -2.20. The summed E-state index contributed by atoms with van der Waals surface area (Å²) in [7, 11) is 0. The monoisotopic (exact) mass is 284 g/mol. The third-order valence-electron chi connectivity index (χ3n) is 2.73. The number of aromatic nitrogens is 1. The van der Waals surface area contributed by atoms with Crippen molar-refractivity contribution in [1.82, 2.24) is 10.3 Å². The van der Waals surface area contributed by atoms with Crippen molar-refractivity contribution in [1.29, 1.82) is 0 Å². The molecule has 0 saturated carbocycles. The largest absolute Gasteiger partial charge is 0.348 e. The maximum atomic E-state index is 11.7. The van der Waals surface area contributed by atoms with Gasteiger partial charge in [-0.1, -0.05) is 18.2 Å². The second-order valence-electron chi connectivity index (χ2n) is 4.19. The van der Waals surface area contributed by atoms with Crippen LogP contribution in [0.3, 0.4) is 0 Å². The highest BCUT2D eigenvalue weighted by Gasteiger charge is 1.96. The Morgan fingerprint density at radius 1 is 1.30 bits per heavy atom. The van der Waals surface area contributed by atoms with Crippen LogP contribution in [0.1, 0.15) is 11.1 Å². The molecule has 0 fully saturated rings. The number of nitrogens with zero attached hydrogens (tertiary/aromatic N) is 1. The average molecular weight is 284 g/mol. The molecular weight excluding hydrogens is 268 g/mol. The summed E-state index contributed by atoms with van der Waals surface area (Å²) in [6.07, 6.45) is 8.85. The van der Waals surface area contributed by atoms with E-state index in [0.29, 0.717) is 6.54 Å². The standard InChI is InChI=1S/C16H16N2OS/c1-20-15-7-4-13(5-8-15)6-9-16(19)18-12-14-3-2-10-17-11-14/h2-11H,12H2,1H3,(H,18,19)/b9-6+. The Balaban J connectivity index is 1.85. The minimum atomic E-state index is -0.109. The topological polar surface area (TPSA) is 42.0 Å². The number of pyridine rings is 1. The minimum Gasteiger partial charge on any atom is -0.348 e. The van der Waals surface area contributed by atoms with E-state index in [9.17, 15) is 4.79 Å². The van der Waals surface area contributed by atoms with Crippen LogP contribution in [0.5, 0.6) is 0 Å². The number of hydrogen-bond donors (Lipinski definition) is 1. The van der Waals surface area contributed by atoms with Crippen LogP contribution in [-0.4, -0.2) is 17.1 Å². The van der Waals surface area contributed by atoms with E-state index < -0.39 is 0 Å². The predicted octanol–water partition coefficient (Wildman–Crippen LogP) is 3.13. The Kier molecular flexibility index (Phi) is 5.38. The molecule has 102 valence electrons. The molecular formula is C16H16N2OS. The molecule has 0 aliphatic carbocycles. The highest BCUT2D eigenvalue weighted by molar-refractivity contribution is 7.98.